The number of rotatable bonds is 1. The largest absolute Gasteiger partial charge is 0.477 e. The number of pyridine rings is 1. The Morgan fingerprint density at radius 2 is 2.20 bits per heavy atom. The number of aromatic nitrogens is 2. The van der Waals surface area contributed by atoms with Crippen molar-refractivity contribution < 1.29 is 14.3 Å². The molecule has 2 aromatic heterocycles. The molecule has 0 aromatic carbocycles. The van der Waals surface area contributed by atoms with Crippen LogP contribution in [0.4, 0.5) is 4.39 Å². The van der Waals surface area contributed by atoms with Crippen LogP contribution in [0, 0.1) is 5.82 Å². The van der Waals surface area contributed by atoms with Gasteiger partial charge in [-0.25, -0.2) is 14.2 Å². The number of aromatic carboxylic acids is 1. The van der Waals surface area contributed by atoms with Crippen LogP contribution in [0.1, 0.15) is 10.4 Å². The van der Waals surface area contributed by atoms with Crippen molar-refractivity contribution in [1.82, 2.24) is 9.38 Å². The van der Waals surface area contributed by atoms with E-state index in [1.807, 2.05) is 0 Å². The Balaban J connectivity index is 2.89. The number of carboxylic acid groups (broad SMARTS) is 1. The van der Waals surface area contributed by atoms with Gasteiger partial charge in [0.2, 0.25) is 0 Å². The van der Waals surface area contributed by atoms with Crippen molar-refractivity contribution in [3.8, 4) is 0 Å². The molecule has 5 nitrogen and oxygen atoms in total. The third-order valence-corrected chi connectivity index (χ3v) is 1.90. The van der Waals surface area contributed by atoms with E-state index in [1.54, 1.807) is 0 Å². The summed E-state index contributed by atoms with van der Waals surface area (Å²) in [4.78, 5) is 25.8. The number of nitrogens with zero attached hydrogens (tertiary/aromatic N) is 2. The molecule has 0 amide bonds. The summed E-state index contributed by atoms with van der Waals surface area (Å²) in [6.07, 6.45) is 1.85. The molecule has 0 saturated carbocycles. The van der Waals surface area contributed by atoms with Gasteiger partial charge in [-0.05, 0) is 12.1 Å². The Hall–Kier alpha value is -2.24. The van der Waals surface area contributed by atoms with Crippen LogP contribution in [0.2, 0.25) is 0 Å². The van der Waals surface area contributed by atoms with Gasteiger partial charge in [0.1, 0.15) is 11.2 Å². The first-order chi connectivity index (χ1) is 7.09. The molecule has 2 rings (SSSR count). The lowest BCUT2D eigenvalue weighted by atomic mass is 10.3. The molecule has 15 heavy (non-hydrogen) atoms. The number of halogens is 1. The molecule has 0 unspecified atom stereocenters. The Labute approximate surface area is 82.4 Å². The fourth-order valence-electron chi connectivity index (χ4n) is 1.22. The standard InChI is InChI=1S/C9H5FN2O3/c10-5-3-11-7-2-1-6(9(14)15)8(13)12(7)4-5/h1-4H,(H,14,15). The fraction of sp³-hybridized carbons (Fsp3) is 0. The van der Waals surface area contributed by atoms with Crippen LogP contribution in [0.5, 0.6) is 0 Å². The van der Waals surface area contributed by atoms with E-state index < -0.39 is 22.9 Å². The number of carbonyl (C=O) groups is 1. The zero-order chi connectivity index (χ0) is 11.0. The minimum absolute atomic E-state index is 0.200. The fourth-order valence-corrected chi connectivity index (χ4v) is 1.22. The summed E-state index contributed by atoms with van der Waals surface area (Å²) in [5.41, 5.74) is -1.02. The topological polar surface area (TPSA) is 71.7 Å². The van der Waals surface area contributed by atoms with Crippen molar-refractivity contribution >= 4 is 11.6 Å². The van der Waals surface area contributed by atoms with Crippen molar-refractivity contribution in [2.24, 2.45) is 0 Å². The summed E-state index contributed by atoms with van der Waals surface area (Å²) in [5.74, 6) is -2.05. The van der Waals surface area contributed by atoms with Gasteiger partial charge < -0.3 is 5.11 Å². The first kappa shape index (κ1) is 9.32. The first-order valence-corrected chi connectivity index (χ1v) is 4.00. The Bertz CT molecular complexity index is 606. The quantitative estimate of drug-likeness (QED) is 0.742. The molecule has 0 fully saturated rings. The normalized spacial score (nSPS) is 10.5. The van der Waals surface area contributed by atoms with E-state index in [9.17, 15) is 14.0 Å². The van der Waals surface area contributed by atoms with Gasteiger partial charge in [0.05, 0.1) is 12.4 Å². The van der Waals surface area contributed by atoms with Crippen LogP contribution in [-0.4, -0.2) is 20.5 Å². The summed E-state index contributed by atoms with van der Waals surface area (Å²) in [6.45, 7) is 0. The van der Waals surface area contributed by atoms with Crippen molar-refractivity contribution in [3.05, 3.63) is 46.3 Å². The van der Waals surface area contributed by atoms with Gasteiger partial charge in [-0.1, -0.05) is 0 Å². The number of hydrogen-bond donors (Lipinski definition) is 1. The van der Waals surface area contributed by atoms with E-state index >= 15 is 0 Å². The summed E-state index contributed by atoms with van der Waals surface area (Å²) >= 11 is 0. The van der Waals surface area contributed by atoms with Crippen molar-refractivity contribution in [1.29, 1.82) is 0 Å². The maximum atomic E-state index is 12.8. The molecule has 0 aliphatic heterocycles. The number of fused-ring (bicyclic) bond motifs is 1. The lowest BCUT2D eigenvalue weighted by molar-refractivity contribution is 0.0695. The lowest BCUT2D eigenvalue weighted by Crippen LogP contribution is -2.22. The zero-order valence-electron chi connectivity index (χ0n) is 7.35. The minimum Gasteiger partial charge on any atom is -0.477 e. The van der Waals surface area contributed by atoms with Crippen molar-refractivity contribution in [3.63, 3.8) is 0 Å². The molecule has 2 heterocycles. The van der Waals surface area contributed by atoms with Gasteiger partial charge in [-0.15, -0.1) is 0 Å². The van der Waals surface area contributed by atoms with Gasteiger partial charge >= 0.3 is 5.97 Å². The van der Waals surface area contributed by atoms with Crippen LogP contribution < -0.4 is 5.56 Å². The van der Waals surface area contributed by atoms with Crippen molar-refractivity contribution in [2.75, 3.05) is 0 Å². The highest BCUT2D eigenvalue weighted by Gasteiger charge is 2.10. The smallest absolute Gasteiger partial charge is 0.341 e. The van der Waals surface area contributed by atoms with Gasteiger partial charge in [0.25, 0.3) is 5.56 Å². The van der Waals surface area contributed by atoms with Gasteiger partial charge in [0.15, 0.2) is 5.82 Å². The van der Waals surface area contributed by atoms with Crippen LogP contribution >= 0.6 is 0 Å². The van der Waals surface area contributed by atoms with Gasteiger partial charge in [0, 0.05) is 0 Å². The highest BCUT2D eigenvalue weighted by Crippen LogP contribution is 2.00. The monoisotopic (exact) mass is 208 g/mol. The molecular weight excluding hydrogens is 203 g/mol. The average molecular weight is 208 g/mol. The predicted octanol–water partition coefficient (Wildman–Crippen LogP) is 0.532. The summed E-state index contributed by atoms with van der Waals surface area (Å²) in [5, 5.41) is 8.67. The first-order valence-electron chi connectivity index (χ1n) is 4.00. The Morgan fingerprint density at radius 3 is 2.87 bits per heavy atom. The SMILES string of the molecule is O=C(O)c1ccc2ncc(F)cn2c1=O. The molecule has 0 radical (unpaired) electrons. The van der Waals surface area contributed by atoms with Crippen molar-refractivity contribution in [2.45, 2.75) is 0 Å². The summed E-state index contributed by atoms with van der Waals surface area (Å²) in [6, 6.07) is 2.48. The molecular formula is C9H5FN2O3. The molecule has 0 aliphatic carbocycles. The molecule has 6 heteroatoms. The maximum absolute atomic E-state index is 12.8. The van der Waals surface area contributed by atoms with Crippen LogP contribution in [0.15, 0.2) is 29.3 Å². The molecule has 0 spiro atoms. The Kier molecular flexibility index (Phi) is 1.96. The van der Waals surface area contributed by atoms with E-state index in [1.165, 1.54) is 6.07 Å². The number of hydrogen-bond acceptors (Lipinski definition) is 3. The third kappa shape index (κ3) is 1.45. The molecule has 0 bridgehead atoms. The average Bonchev–Trinajstić information content (AvgIpc) is 2.19. The van der Waals surface area contributed by atoms with Crippen LogP contribution in [0.3, 0.4) is 0 Å². The highest BCUT2D eigenvalue weighted by atomic mass is 19.1. The van der Waals surface area contributed by atoms with E-state index in [4.69, 9.17) is 5.11 Å². The summed E-state index contributed by atoms with van der Waals surface area (Å²) < 4.78 is 13.6. The van der Waals surface area contributed by atoms with E-state index in [0.717, 1.165) is 22.9 Å². The maximum Gasteiger partial charge on any atom is 0.341 e. The Morgan fingerprint density at radius 1 is 1.47 bits per heavy atom. The van der Waals surface area contributed by atoms with E-state index in [0.29, 0.717) is 0 Å². The summed E-state index contributed by atoms with van der Waals surface area (Å²) in [7, 11) is 0. The predicted molar refractivity (Wildman–Crippen MR) is 48.4 cm³/mol. The zero-order valence-corrected chi connectivity index (χ0v) is 7.35. The molecule has 76 valence electrons. The second-order valence-corrected chi connectivity index (χ2v) is 2.86. The van der Waals surface area contributed by atoms with Crippen LogP contribution in [0.25, 0.3) is 5.65 Å². The highest BCUT2D eigenvalue weighted by molar-refractivity contribution is 5.87. The van der Waals surface area contributed by atoms with Crippen LogP contribution in [-0.2, 0) is 0 Å². The lowest BCUT2D eigenvalue weighted by Gasteiger charge is -2.00. The number of carboxylic acids is 1. The van der Waals surface area contributed by atoms with E-state index in [-0.39, 0.29) is 5.65 Å². The van der Waals surface area contributed by atoms with E-state index in [2.05, 4.69) is 4.98 Å². The van der Waals surface area contributed by atoms with Gasteiger partial charge in [-0.3, -0.25) is 9.20 Å². The molecule has 1 N–H and O–H groups in total. The molecule has 0 saturated heterocycles. The second kappa shape index (κ2) is 3.16. The molecule has 0 atom stereocenters. The minimum atomic E-state index is -1.35. The molecule has 2 aromatic rings. The van der Waals surface area contributed by atoms with Gasteiger partial charge in [-0.2, -0.15) is 0 Å². The third-order valence-electron chi connectivity index (χ3n) is 1.90. The molecule has 0 aliphatic rings. The second-order valence-electron chi connectivity index (χ2n) is 2.86.